The molecule has 11 heavy (non-hydrogen) atoms. The van der Waals surface area contributed by atoms with Crippen LogP contribution in [0.15, 0.2) is 0 Å². The van der Waals surface area contributed by atoms with E-state index < -0.39 is 0 Å². The molecule has 0 aromatic heterocycles. The number of rotatable bonds is 3. The van der Waals surface area contributed by atoms with Gasteiger partial charge in [-0.3, -0.25) is 0 Å². The fourth-order valence-electron chi connectivity index (χ4n) is 1.42. The van der Waals surface area contributed by atoms with E-state index in [1.165, 1.54) is 6.42 Å². The van der Waals surface area contributed by atoms with E-state index in [0.717, 1.165) is 19.6 Å². The van der Waals surface area contributed by atoms with Crippen molar-refractivity contribution in [3.8, 4) is 6.07 Å². The average molecular weight is 153 g/mol. The summed E-state index contributed by atoms with van der Waals surface area (Å²) in [5.41, 5.74) is 0. The first-order valence-corrected chi connectivity index (χ1v) is 4.12. The van der Waals surface area contributed by atoms with Crippen LogP contribution in [0.3, 0.4) is 0 Å². The van der Waals surface area contributed by atoms with Crippen LogP contribution in [0.5, 0.6) is 0 Å². The Hall–Kier alpha value is -0.590. The number of hydrogen-bond acceptors (Lipinski definition) is 3. The molecule has 0 amide bonds. The van der Waals surface area contributed by atoms with Gasteiger partial charge in [0, 0.05) is 25.6 Å². The molecule has 62 valence electrons. The van der Waals surface area contributed by atoms with E-state index in [4.69, 9.17) is 5.26 Å². The van der Waals surface area contributed by atoms with Crippen LogP contribution in [0.1, 0.15) is 12.8 Å². The summed E-state index contributed by atoms with van der Waals surface area (Å²) < 4.78 is 0. The highest BCUT2D eigenvalue weighted by atomic mass is 15.2. The van der Waals surface area contributed by atoms with E-state index in [1.807, 2.05) is 0 Å². The molecule has 0 saturated carbocycles. The average Bonchev–Trinajstić information content (AvgIpc) is 2.52. The lowest BCUT2D eigenvalue weighted by molar-refractivity contribution is 0.263. The van der Waals surface area contributed by atoms with E-state index in [0.29, 0.717) is 12.5 Å². The maximum atomic E-state index is 8.37. The van der Waals surface area contributed by atoms with Crippen molar-refractivity contribution in [2.45, 2.75) is 18.9 Å². The van der Waals surface area contributed by atoms with Gasteiger partial charge in [0.15, 0.2) is 0 Å². The van der Waals surface area contributed by atoms with Crippen LogP contribution in [-0.4, -0.2) is 37.6 Å². The second-order valence-electron chi connectivity index (χ2n) is 3.04. The van der Waals surface area contributed by atoms with Gasteiger partial charge in [-0.25, -0.2) is 0 Å². The van der Waals surface area contributed by atoms with Crippen LogP contribution < -0.4 is 5.32 Å². The monoisotopic (exact) mass is 153 g/mol. The molecule has 1 heterocycles. The van der Waals surface area contributed by atoms with Crippen molar-refractivity contribution in [2.75, 3.05) is 26.7 Å². The Morgan fingerprint density at radius 3 is 3.09 bits per heavy atom. The van der Waals surface area contributed by atoms with Gasteiger partial charge in [0.1, 0.15) is 0 Å². The summed E-state index contributed by atoms with van der Waals surface area (Å²) in [6.07, 6.45) is 1.87. The summed E-state index contributed by atoms with van der Waals surface area (Å²) >= 11 is 0. The first kappa shape index (κ1) is 8.51. The van der Waals surface area contributed by atoms with Crippen LogP contribution in [-0.2, 0) is 0 Å². The van der Waals surface area contributed by atoms with Crippen LogP contribution in [0.25, 0.3) is 0 Å². The zero-order chi connectivity index (χ0) is 8.10. The van der Waals surface area contributed by atoms with Gasteiger partial charge in [-0.05, 0) is 20.0 Å². The Morgan fingerprint density at radius 1 is 1.73 bits per heavy atom. The molecule has 1 aliphatic heterocycles. The number of nitrogens with one attached hydrogen (secondary N) is 1. The number of hydrogen-bond donors (Lipinski definition) is 1. The molecular formula is C8H15N3. The highest BCUT2D eigenvalue weighted by Gasteiger charge is 2.17. The topological polar surface area (TPSA) is 39.1 Å². The molecule has 0 aliphatic carbocycles. The van der Waals surface area contributed by atoms with Crippen molar-refractivity contribution in [2.24, 2.45) is 0 Å². The molecular weight excluding hydrogens is 138 g/mol. The van der Waals surface area contributed by atoms with Crippen molar-refractivity contribution in [1.29, 1.82) is 5.26 Å². The minimum absolute atomic E-state index is 0.646. The predicted octanol–water partition coefficient (Wildman–Crippen LogP) is 0.194. The first-order valence-electron chi connectivity index (χ1n) is 4.12. The van der Waals surface area contributed by atoms with Crippen molar-refractivity contribution in [1.82, 2.24) is 10.2 Å². The molecule has 0 spiro atoms. The zero-order valence-electron chi connectivity index (χ0n) is 7.01. The van der Waals surface area contributed by atoms with Gasteiger partial charge < -0.3 is 10.2 Å². The summed E-state index contributed by atoms with van der Waals surface area (Å²) in [5.74, 6) is 0. The van der Waals surface area contributed by atoms with Gasteiger partial charge in [0.05, 0.1) is 6.07 Å². The SMILES string of the molecule is CN(CCC#N)C1CCNC1. The first-order chi connectivity index (χ1) is 5.34. The van der Waals surface area contributed by atoms with Crippen molar-refractivity contribution in [3.05, 3.63) is 0 Å². The van der Waals surface area contributed by atoms with Crippen molar-refractivity contribution >= 4 is 0 Å². The molecule has 0 radical (unpaired) electrons. The maximum absolute atomic E-state index is 8.37. The molecule has 1 fully saturated rings. The lowest BCUT2D eigenvalue weighted by Gasteiger charge is -2.21. The van der Waals surface area contributed by atoms with Gasteiger partial charge in [-0.15, -0.1) is 0 Å². The smallest absolute Gasteiger partial charge is 0.0635 e. The van der Waals surface area contributed by atoms with Crippen LogP contribution in [0.4, 0.5) is 0 Å². The zero-order valence-corrected chi connectivity index (χ0v) is 7.01. The highest BCUT2D eigenvalue weighted by Crippen LogP contribution is 2.05. The van der Waals surface area contributed by atoms with Crippen molar-refractivity contribution in [3.63, 3.8) is 0 Å². The largest absolute Gasteiger partial charge is 0.315 e. The third-order valence-electron chi connectivity index (χ3n) is 2.23. The lowest BCUT2D eigenvalue weighted by atomic mass is 10.2. The van der Waals surface area contributed by atoms with Crippen LogP contribution >= 0.6 is 0 Å². The van der Waals surface area contributed by atoms with Crippen LogP contribution in [0.2, 0.25) is 0 Å². The standard InChI is InChI=1S/C8H15N3/c1-11(6-2-4-9)8-3-5-10-7-8/h8,10H,2-3,5-7H2,1H3. The maximum Gasteiger partial charge on any atom is 0.0635 e. The summed E-state index contributed by atoms with van der Waals surface area (Å²) in [5, 5.41) is 11.7. The Bertz CT molecular complexity index is 144. The number of likely N-dealkylation sites (N-methyl/N-ethyl adjacent to an activating group) is 1. The fraction of sp³-hybridized carbons (Fsp3) is 0.875. The Balaban J connectivity index is 2.18. The summed E-state index contributed by atoms with van der Waals surface area (Å²) in [6.45, 7) is 3.12. The molecule has 1 atom stereocenters. The van der Waals surface area contributed by atoms with E-state index in [1.54, 1.807) is 0 Å². The van der Waals surface area contributed by atoms with E-state index in [9.17, 15) is 0 Å². The fourth-order valence-corrected chi connectivity index (χ4v) is 1.42. The van der Waals surface area contributed by atoms with Gasteiger partial charge in [-0.1, -0.05) is 0 Å². The van der Waals surface area contributed by atoms with E-state index in [-0.39, 0.29) is 0 Å². The van der Waals surface area contributed by atoms with Crippen LogP contribution in [0, 0.1) is 11.3 Å². The van der Waals surface area contributed by atoms with E-state index >= 15 is 0 Å². The second-order valence-corrected chi connectivity index (χ2v) is 3.04. The predicted molar refractivity (Wildman–Crippen MR) is 44.1 cm³/mol. The lowest BCUT2D eigenvalue weighted by Crippen LogP contribution is -2.33. The highest BCUT2D eigenvalue weighted by molar-refractivity contribution is 4.80. The molecule has 0 aromatic rings. The molecule has 1 saturated heterocycles. The molecule has 0 bridgehead atoms. The molecule has 0 aromatic carbocycles. The minimum Gasteiger partial charge on any atom is -0.315 e. The summed E-state index contributed by atoms with van der Waals surface area (Å²) in [6, 6.07) is 2.82. The number of nitriles is 1. The normalized spacial score (nSPS) is 23.9. The van der Waals surface area contributed by atoms with Gasteiger partial charge in [0.25, 0.3) is 0 Å². The summed E-state index contributed by atoms with van der Waals surface area (Å²) in [4.78, 5) is 2.27. The Morgan fingerprint density at radius 2 is 2.55 bits per heavy atom. The van der Waals surface area contributed by atoms with Gasteiger partial charge >= 0.3 is 0 Å². The Kier molecular flexibility index (Phi) is 3.34. The molecule has 3 nitrogen and oxygen atoms in total. The molecule has 1 rings (SSSR count). The minimum atomic E-state index is 0.646. The Labute approximate surface area is 68.0 Å². The molecule has 1 N–H and O–H groups in total. The second kappa shape index (κ2) is 4.32. The quantitative estimate of drug-likeness (QED) is 0.629. The van der Waals surface area contributed by atoms with Gasteiger partial charge in [-0.2, -0.15) is 5.26 Å². The third-order valence-corrected chi connectivity index (χ3v) is 2.23. The molecule has 1 aliphatic rings. The third kappa shape index (κ3) is 2.49. The summed E-state index contributed by atoms with van der Waals surface area (Å²) in [7, 11) is 2.09. The van der Waals surface area contributed by atoms with Gasteiger partial charge in [0.2, 0.25) is 0 Å². The number of nitrogens with zero attached hydrogens (tertiary/aromatic N) is 2. The molecule has 3 heteroatoms. The van der Waals surface area contributed by atoms with Crippen molar-refractivity contribution < 1.29 is 0 Å². The molecule has 1 unspecified atom stereocenters. The van der Waals surface area contributed by atoms with E-state index in [2.05, 4.69) is 23.3 Å².